The standard InChI is InChI=1S/C68H119NO10/c1-4-7-10-13-16-19-22-24-26-28-29-30-31-32-33-34-36-38-41-44-47-50-53-56-63(73)79-66-65(75)64(74)62(57-70)78-68(66)77-58-59(60(71)54-51-48-45-42-39-21-18-15-12-9-6-3)69-67(76)61(72)55-52-49-46-43-40-37-35-27-25-23-20-17-14-11-8-5-2/h7,10,16,19,24,26,29-30,32-33,36,38,51,54,59-62,64-66,68,70-72,74-75H,4-6,8-9,11-15,17-18,20-23,25,27-28,31,34-35,37,39-50,52-53,55-58H2,1-3H3,(H,69,76)/b10-7-,19-16-,26-24-,30-29-,33-32-,38-36-,54-51+. The molecule has 8 unspecified atom stereocenters. The van der Waals surface area contributed by atoms with E-state index in [0.29, 0.717) is 12.8 Å². The van der Waals surface area contributed by atoms with Gasteiger partial charge in [0.15, 0.2) is 12.4 Å². The zero-order valence-electron chi connectivity index (χ0n) is 50.5. The third-order valence-electron chi connectivity index (χ3n) is 14.8. The van der Waals surface area contributed by atoms with Gasteiger partial charge in [-0.1, -0.05) is 273 Å². The molecule has 1 amide bonds. The summed E-state index contributed by atoms with van der Waals surface area (Å²) in [4.78, 5) is 26.6. The fourth-order valence-electron chi connectivity index (χ4n) is 9.71. The zero-order chi connectivity index (χ0) is 57.5. The van der Waals surface area contributed by atoms with Crippen LogP contribution in [0, 0.1) is 0 Å². The molecule has 11 nitrogen and oxygen atoms in total. The minimum absolute atomic E-state index is 0.0911. The molecule has 0 aromatic rings. The van der Waals surface area contributed by atoms with Crippen LogP contribution in [0.25, 0.3) is 0 Å². The molecule has 11 heteroatoms. The molecular formula is C68H119NO10. The highest BCUT2D eigenvalue weighted by atomic mass is 16.7. The molecule has 1 heterocycles. The lowest BCUT2D eigenvalue weighted by Gasteiger charge is -2.41. The number of aliphatic hydroxyl groups is 5. The third kappa shape index (κ3) is 43.2. The van der Waals surface area contributed by atoms with Crippen LogP contribution in [0.3, 0.4) is 0 Å². The van der Waals surface area contributed by atoms with Crippen molar-refractivity contribution in [3.8, 4) is 0 Å². The Bertz CT molecular complexity index is 1610. The normalized spacial score (nSPS) is 19.4. The van der Waals surface area contributed by atoms with Gasteiger partial charge in [0.05, 0.1) is 25.4 Å². The smallest absolute Gasteiger partial charge is 0.306 e. The number of hydrogen-bond donors (Lipinski definition) is 6. The molecule has 456 valence electrons. The molecule has 0 saturated carbocycles. The second kappa shape index (κ2) is 55.4. The zero-order valence-corrected chi connectivity index (χ0v) is 50.5. The lowest BCUT2D eigenvalue weighted by Crippen LogP contribution is -2.61. The highest BCUT2D eigenvalue weighted by Crippen LogP contribution is 2.26. The largest absolute Gasteiger partial charge is 0.454 e. The van der Waals surface area contributed by atoms with Crippen molar-refractivity contribution in [2.24, 2.45) is 0 Å². The van der Waals surface area contributed by atoms with Gasteiger partial charge in [0, 0.05) is 6.42 Å². The van der Waals surface area contributed by atoms with E-state index in [2.05, 4.69) is 99.0 Å². The van der Waals surface area contributed by atoms with Crippen LogP contribution in [-0.2, 0) is 23.8 Å². The highest BCUT2D eigenvalue weighted by Gasteiger charge is 2.47. The number of carbonyl (C=O) groups excluding carboxylic acids is 2. The summed E-state index contributed by atoms with van der Waals surface area (Å²) in [6, 6.07) is -1.03. The summed E-state index contributed by atoms with van der Waals surface area (Å²) in [5, 5.41) is 57.0. The van der Waals surface area contributed by atoms with E-state index in [1.54, 1.807) is 6.08 Å². The van der Waals surface area contributed by atoms with E-state index in [0.717, 1.165) is 103 Å². The molecule has 0 bridgehead atoms. The molecule has 0 aromatic heterocycles. The number of hydrogen-bond acceptors (Lipinski definition) is 10. The number of esters is 1. The number of unbranched alkanes of at least 4 members (excludes halogenated alkanes) is 28. The number of aliphatic hydroxyl groups excluding tert-OH is 5. The van der Waals surface area contributed by atoms with Crippen molar-refractivity contribution in [3.63, 3.8) is 0 Å². The Kier molecular flexibility index (Phi) is 51.8. The average molecular weight is 1110 g/mol. The Hall–Kier alpha value is -3.16. The van der Waals surface area contributed by atoms with Gasteiger partial charge in [0.2, 0.25) is 5.91 Å². The summed E-state index contributed by atoms with van der Waals surface area (Å²) in [5.41, 5.74) is 0. The monoisotopic (exact) mass is 1110 g/mol. The van der Waals surface area contributed by atoms with Gasteiger partial charge in [-0.25, -0.2) is 0 Å². The predicted octanol–water partition coefficient (Wildman–Crippen LogP) is 15.7. The molecule has 0 radical (unpaired) electrons. The maximum Gasteiger partial charge on any atom is 0.306 e. The SMILES string of the molecule is CC/C=C\C/C=C\C/C=C\C/C=C\C/C=C\C/C=C\CCCCCCC(=O)OC1C(OCC(NC(=O)C(O)CCCCCCCCCCCCCCCCCC)C(O)/C=C/CCCCCCCCCCC)OC(CO)C(O)C1O. The van der Waals surface area contributed by atoms with Crippen molar-refractivity contribution in [2.75, 3.05) is 13.2 Å². The minimum Gasteiger partial charge on any atom is -0.454 e. The molecule has 1 aliphatic rings. The van der Waals surface area contributed by atoms with Crippen LogP contribution in [-0.4, -0.2) is 99.6 Å². The average Bonchev–Trinajstić information content (AvgIpc) is 3.47. The number of rotatable bonds is 54. The Balaban J connectivity index is 2.64. The van der Waals surface area contributed by atoms with E-state index in [1.165, 1.54) is 122 Å². The van der Waals surface area contributed by atoms with Crippen molar-refractivity contribution < 1.29 is 49.3 Å². The molecule has 1 rings (SSSR count). The first-order chi connectivity index (χ1) is 38.7. The maximum absolute atomic E-state index is 13.4. The van der Waals surface area contributed by atoms with E-state index in [-0.39, 0.29) is 19.4 Å². The third-order valence-corrected chi connectivity index (χ3v) is 14.8. The summed E-state index contributed by atoms with van der Waals surface area (Å²) >= 11 is 0. The fraction of sp³-hybridized carbons (Fsp3) is 0.765. The Labute approximate surface area is 483 Å². The second-order valence-corrected chi connectivity index (χ2v) is 22.1. The molecule has 1 saturated heterocycles. The van der Waals surface area contributed by atoms with E-state index < -0.39 is 67.4 Å². The van der Waals surface area contributed by atoms with Crippen molar-refractivity contribution in [1.82, 2.24) is 5.32 Å². The van der Waals surface area contributed by atoms with E-state index in [4.69, 9.17) is 14.2 Å². The van der Waals surface area contributed by atoms with Gasteiger partial charge in [-0.3, -0.25) is 9.59 Å². The second-order valence-electron chi connectivity index (χ2n) is 22.1. The van der Waals surface area contributed by atoms with E-state index in [1.807, 2.05) is 6.08 Å². The van der Waals surface area contributed by atoms with Gasteiger partial charge in [-0.05, 0) is 77.0 Å². The number of amides is 1. The van der Waals surface area contributed by atoms with Crippen LogP contribution in [0.4, 0.5) is 0 Å². The summed E-state index contributed by atoms with van der Waals surface area (Å²) < 4.78 is 17.6. The van der Waals surface area contributed by atoms with Crippen LogP contribution in [0.1, 0.15) is 271 Å². The molecule has 8 atom stereocenters. The van der Waals surface area contributed by atoms with Crippen LogP contribution in [0.2, 0.25) is 0 Å². The van der Waals surface area contributed by atoms with Crippen LogP contribution in [0.15, 0.2) is 85.1 Å². The summed E-state index contributed by atoms with van der Waals surface area (Å²) in [6.45, 7) is 5.67. The number of ether oxygens (including phenoxy) is 3. The quantitative estimate of drug-likeness (QED) is 0.0195. The van der Waals surface area contributed by atoms with E-state index in [9.17, 15) is 35.1 Å². The molecule has 6 N–H and O–H groups in total. The minimum atomic E-state index is -1.63. The van der Waals surface area contributed by atoms with Gasteiger partial charge < -0.3 is 45.1 Å². The number of nitrogens with one attached hydrogen (secondary N) is 1. The first-order valence-corrected chi connectivity index (χ1v) is 32.4. The van der Waals surface area contributed by atoms with Crippen LogP contribution < -0.4 is 5.32 Å². The van der Waals surface area contributed by atoms with Gasteiger partial charge in [-0.2, -0.15) is 0 Å². The maximum atomic E-state index is 13.4. The molecule has 0 aromatic carbocycles. The van der Waals surface area contributed by atoms with Crippen molar-refractivity contribution in [2.45, 2.75) is 320 Å². The highest BCUT2D eigenvalue weighted by molar-refractivity contribution is 5.80. The number of allylic oxidation sites excluding steroid dienone is 13. The first-order valence-electron chi connectivity index (χ1n) is 32.4. The van der Waals surface area contributed by atoms with Crippen LogP contribution >= 0.6 is 0 Å². The summed E-state index contributed by atoms with van der Waals surface area (Å²) in [5.74, 6) is -1.22. The van der Waals surface area contributed by atoms with E-state index >= 15 is 0 Å². The summed E-state index contributed by atoms with van der Waals surface area (Å²) in [6.07, 6.45) is 61.9. The first kappa shape index (κ1) is 73.9. The van der Waals surface area contributed by atoms with Gasteiger partial charge >= 0.3 is 5.97 Å². The fourth-order valence-corrected chi connectivity index (χ4v) is 9.71. The Morgan fingerprint density at radius 2 is 0.911 bits per heavy atom. The summed E-state index contributed by atoms with van der Waals surface area (Å²) in [7, 11) is 0. The van der Waals surface area contributed by atoms with Gasteiger partial charge in [-0.15, -0.1) is 0 Å². The van der Waals surface area contributed by atoms with Crippen molar-refractivity contribution in [1.29, 1.82) is 0 Å². The lowest BCUT2D eigenvalue weighted by molar-refractivity contribution is -0.305. The van der Waals surface area contributed by atoms with Gasteiger partial charge in [0.25, 0.3) is 0 Å². The van der Waals surface area contributed by atoms with Crippen LogP contribution in [0.5, 0.6) is 0 Å². The Morgan fingerprint density at radius 3 is 1.37 bits per heavy atom. The topological polar surface area (TPSA) is 175 Å². The lowest BCUT2D eigenvalue weighted by atomic mass is 9.99. The van der Waals surface area contributed by atoms with Gasteiger partial charge in [0.1, 0.15) is 24.4 Å². The molecule has 0 spiro atoms. The van der Waals surface area contributed by atoms with Crippen molar-refractivity contribution >= 4 is 11.9 Å². The predicted molar refractivity (Wildman–Crippen MR) is 329 cm³/mol. The number of carbonyl (C=O) groups is 2. The molecule has 0 aliphatic carbocycles. The molecular weight excluding hydrogens is 991 g/mol. The van der Waals surface area contributed by atoms with Crippen molar-refractivity contribution in [3.05, 3.63) is 85.1 Å². The molecule has 79 heavy (non-hydrogen) atoms. The molecule has 1 fully saturated rings. The molecule has 1 aliphatic heterocycles. The Morgan fingerprint density at radius 1 is 0.506 bits per heavy atom.